The summed E-state index contributed by atoms with van der Waals surface area (Å²) in [5.74, 6) is 0.803. The van der Waals surface area contributed by atoms with E-state index >= 15 is 0 Å². The second-order valence-electron chi connectivity index (χ2n) is 5.37. The van der Waals surface area contributed by atoms with Crippen molar-refractivity contribution in [3.8, 4) is 22.8 Å². The van der Waals surface area contributed by atoms with Gasteiger partial charge in [-0.2, -0.15) is 10.2 Å². The summed E-state index contributed by atoms with van der Waals surface area (Å²) in [5, 5.41) is 19.1. The Balaban J connectivity index is 1.75. The molecule has 0 N–H and O–H groups in total. The van der Waals surface area contributed by atoms with Gasteiger partial charge in [0.1, 0.15) is 11.7 Å². The lowest BCUT2D eigenvalue weighted by Gasteiger charge is -2.08. The normalized spacial score (nSPS) is 10.9. The van der Waals surface area contributed by atoms with E-state index in [4.69, 9.17) is 4.74 Å². The van der Waals surface area contributed by atoms with Crippen molar-refractivity contribution >= 4 is 11.2 Å². The molecule has 0 amide bonds. The minimum atomic E-state index is -0.505. The number of hydrogen-bond acceptors (Lipinski definition) is 6. The van der Waals surface area contributed by atoms with Crippen molar-refractivity contribution in [3.63, 3.8) is 0 Å². The van der Waals surface area contributed by atoms with E-state index in [-0.39, 0.29) is 11.6 Å². The number of nitrogens with zero attached hydrogens (tertiary/aromatic N) is 6. The number of rotatable bonds is 4. The Bertz CT molecular complexity index is 1070. The molecule has 4 rings (SSSR count). The van der Waals surface area contributed by atoms with Crippen LogP contribution < -0.4 is 4.74 Å². The van der Waals surface area contributed by atoms with Crippen LogP contribution in [0.1, 0.15) is 0 Å². The fourth-order valence-electron chi connectivity index (χ4n) is 2.46. The van der Waals surface area contributed by atoms with Crippen LogP contribution in [-0.2, 0) is 7.05 Å². The van der Waals surface area contributed by atoms with E-state index in [1.54, 1.807) is 21.6 Å². The lowest BCUT2D eigenvalue weighted by molar-refractivity contribution is -0.385. The molecule has 0 aromatic carbocycles. The van der Waals surface area contributed by atoms with Crippen molar-refractivity contribution in [1.29, 1.82) is 0 Å². The summed E-state index contributed by atoms with van der Waals surface area (Å²) in [6.07, 6.45) is 8.34. The van der Waals surface area contributed by atoms with Crippen LogP contribution in [0.25, 0.3) is 16.6 Å². The molecule has 9 nitrogen and oxygen atoms in total. The highest BCUT2D eigenvalue weighted by atomic mass is 16.6. The molecule has 0 bridgehead atoms. The van der Waals surface area contributed by atoms with Crippen LogP contribution >= 0.6 is 0 Å². The molecular weight excluding hydrogens is 324 g/mol. The van der Waals surface area contributed by atoms with Crippen LogP contribution in [0.5, 0.6) is 11.6 Å². The standard InChI is InChI=1S/C16H12N6O3/c1-20-9-12(7-19-20)11-6-15(14-4-5-18-21(14)10-11)25-16-3-2-13(8-17-16)22(23)24/h2-10H,1H3. The number of aromatic nitrogens is 5. The molecule has 0 saturated carbocycles. The van der Waals surface area contributed by atoms with E-state index in [1.165, 1.54) is 12.1 Å². The minimum Gasteiger partial charge on any atom is -0.437 e. The van der Waals surface area contributed by atoms with Gasteiger partial charge in [-0.25, -0.2) is 9.50 Å². The quantitative estimate of drug-likeness (QED) is 0.419. The van der Waals surface area contributed by atoms with Crippen LogP contribution in [0.3, 0.4) is 0 Å². The Kier molecular flexibility index (Phi) is 3.38. The van der Waals surface area contributed by atoms with Crippen molar-refractivity contribution in [2.75, 3.05) is 0 Å². The van der Waals surface area contributed by atoms with Crippen LogP contribution in [0.2, 0.25) is 0 Å². The molecule has 0 aliphatic carbocycles. The lowest BCUT2D eigenvalue weighted by atomic mass is 10.1. The molecule has 9 heteroatoms. The fraction of sp³-hybridized carbons (Fsp3) is 0.0625. The van der Waals surface area contributed by atoms with Gasteiger partial charge >= 0.3 is 0 Å². The molecule has 4 aromatic rings. The highest BCUT2D eigenvalue weighted by Gasteiger charge is 2.12. The summed E-state index contributed by atoms with van der Waals surface area (Å²) in [4.78, 5) is 14.2. The van der Waals surface area contributed by atoms with Crippen LogP contribution in [-0.4, -0.2) is 29.3 Å². The van der Waals surface area contributed by atoms with E-state index in [9.17, 15) is 10.1 Å². The van der Waals surface area contributed by atoms with E-state index in [0.717, 1.165) is 22.8 Å². The van der Waals surface area contributed by atoms with Gasteiger partial charge in [0.15, 0.2) is 5.75 Å². The van der Waals surface area contributed by atoms with E-state index in [0.29, 0.717) is 5.75 Å². The van der Waals surface area contributed by atoms with Crippen LogP contribution in [0.4, 0.5) is 5.69 Å². The Hall–Kier alpha value is -3.75. The number of ether oxygens (including phenoxy) is 1. The molecule has 0 saturated heterocycles. The van der Waals surface area contributed by atoms with Gasteiger partial charge in [0.2, 0.25) is 5.88 Å². The molecule has 4 heterocycles. The van der Waals surface area contributed by atoms with Gasteiger partial charge in [-0.3, -0.25) is 14.8 Å². The third-order valence-electron chi connectivity index (χ3n) is 3.65. The van der Waals surface area contributed by atoms with Gasteiger partial charge in [0, 0.05) is 42.7 Å². The molecule has 0 radical (unpaired) electrons. The van der Waals surface area contributed by atoms with Crippen molar-refractivity contribution in [2.24, 2.45) is 7.05 Å². The largest absolute Gasteiger partial charge is 0.437 e. The summed E-state index contributed by atoms with van der Waals surface area (Å²) in [6.45, 7) is 0. The number of hydrogen-bond donors (Lipinski definition) is 0. The second kappa shape index (κ2) is 5.71. The number of nitro groups is 1. The van der Waals surface area contributed by atoms with E-state index < -0.39 is 4.92 Å². The highest BCUT2D eigenvalue weighted by Crippen LogP contribution is 2.30. The number of fused-ring (bicyclic) bond motifs is 1. The van der Waals surface area contributed by atoms with Crippen molar-refractivity contribution < 1.29 is 9.66 Å². The molecule has 0 fully saturated rings. The zero-order chi connectivity index (χ0) is 17.4. The smallest absolute Gasteiger partial charge is 0.287 e. The fourth-order valence-corrected chi connectivity index (χ4v) is 2.46. The van der Waals surface area contributed by atoms with Gasteiger partial charge in [-0.1, -0.05) is 0 Å². The SMILES string of the molecule is Cn1cc(-c2cc(Oc3ccc([N+](=O)[O-])cn3)c3ccnn3c2)cn1. The zero-order valence-electron chi connectivity index (χ0n) is 13.1. The Morgan fingerprint density at radius 2 is 2.00 bits per heavy atom. The average Bonchev–Trinajstić information content (AvgIpc) is 3.24. The average molecular weight is 336 g/mol. The van der Waals surface area contributed by atoms with E-state index in [1.807, 2.05) is 31.6 Å². The first kappa shape index (κ1) is 14.8. The van der Waals surface area contributed by atoms with Gasteiger partial charge in [0.05, 0.1) is 17.3 Å². The highest BCUT2D eigenvalue weighted by molar-refractivity contribution is 5.70. The molecule has 0 aliphatic rings. The molecule has 0 aliphatic heterocycles. The first-order valence-electron chi connectivity index (χ1n) is 7.35. The molecule has 0 spiro atoms. The number of aryl methyl sites for hydroxylation is 1. The molecule has 25 heavy (non-hydrogen) atoms. The summed E-state index contributed by atoms with van der Waals surface area (Å²) < 4.78 is 9.24. The van der Waals surface area contributed by atoms with Crippen molar-refractivity contribution in [3.05, 3.63) is 65.4 Å². The van der Waals surface area contributed by atoms with Gasteiger partial charge in [-0.05, 0) is 12.1 Å². The zero-order valence-corrected chi connectivity index (χ0v) is 13.1. The summed E-state index contributed by atoms with van der Waals surface area (Å²) in [6, 6.07) is 6.48. The summed E-state index contributed by atoms with van der Waals surface area (Å²) >= 11 is 0. The van der Waals surface area contributed by atoms with Gasteiger partial charge in [0.25, 0.3) is 5.69 Å². The topological polar surface area (TPSA) is 100 Å². The predicted octanol–water partition coefficient (Wildman–Crippen LogP) is 2.83. The Labute approximate surface area is 141 Å². The predicted molar refractivity (Wildman–Crippen MR) is 88.4 cm³/mol. The van der Waals surface area contributed by atoms with E-state index in [2.05, 4.69) is 15.2 Å². The maximum atomic E-state index is 10.7. The maximum Gasteiger partial charge on any atom is 0.287 e. The first-order chi connectivity index (χ1) is 12.1. The van der Waals surface area contributed by atoms with Crippen LogP contribution in [0.15, 0.2) is 55.2 Å². The monoisotopic (exact) mass is 336 g/mol. The Morgan fingerprint density at radius 3 is 2.68 bits per heavy atom. The van der Waals surface area contributed by atoms with Gasteiger partial charge < -0.3 is 4.74 Å². The summed E-state index contributed by atoms with van der Waals surface area (Å²) in [5.41, 5.74) is 2.46. The molecule has 124 valence electrons. The lowest BCUT2D eigenvalue weighted by Crippen LogP contribution is -1.95. The Morgan fingerprint density at radius 1 is 1.12 bits per heavy atom. The molecule has 4 aromatic heterocycles. The molecular formula is C16H12N6O3. The third-order valence-corrected chi connectivity index (χ3v) is 3.65. The second-order valence-corrected chi connectivity index (χ2v) is 5.37. The first-order valence-corrected chi connectivity index (χ1v) is 7.35. The molecule has 0 atom stereocenters. The van der Waals surface area contributed by atoms with Crippen molar-refractivity contribution in [2.45, 2.75) is 0 Å². The molecule has 0 unspecified atom stereocenters. The summed E-state index contributed by atoms with van der Waals surface area (Å²) in [7, 11) is 1.84. The van der Waals surface area contributed by atoms with Gasteiger partial charge in [-0.15, -0.1) is 0 Å². The van der Waals surface area contributed by atoms with Crippen LogP contribution in [0, 0.1) is 10.1 Å². The maximum absolute atomic E-state index is 10.7. The third kappa shape index (κ3) is 2.78. The minimum absolute atomic E-state index is 0.0917. The number of pyridine rings is 2. The van der Waals surface area contributed by atoms with Crippen molar-refractivity contribution in [1.82, 2.24) is 24.4 Å².